The van der Waals surface area contributed by atoms with Crippen molar-refractivity contribution in [3.63, 3.8) is 0 Å². The molecule has 1 aromatic carbocycles. The maximum atomic E-state index is 11.8. The highest BCUT2D eigenvalue weighted by Crippen LogP contribution is 2.29. The Kier molecular flexibility index (Phi) is 5.44. The minimum atomic E-state index is -0.0761. The van der Waals surface area contributed by atoms with E-state index in [9.17, 15) is 4.79 Å². The van der Waals surface area contributed by atoms with Gasteiger partial charge in [0.05, 0.1) is 7.11 Å². The Morgan fingerprint density at radius 1 is 1.43 bits per heavy atom. The first-order valence-corrected chi connectivity index (χ1v) is 7.38. The van der Waals surface area contributed by atoms with Crippen molar-refractivity contribution in [3.8, 4) is 11.5 Å². The quantitative estimate of drug-likeness (QED) is 0.768. The minimum Gasteiger partial charge on any atom is -0.497 e. The highest BCUT2D eigenvalue weighted by Gasteiger charge is 2.21. The summed E-state index contributed by atoms with van der Waals surface area (Å²) in [5.74, 6) is 1.99. The fourth-order valence-electron chi connectivity index (χ4n) is 2.05. The molecule has 1 fully saturated rings. The van der Waals surface area contributed by atoms with Gasteiger partial charge >= 0.3 is 0 Å². The van der Waals surface area contributed by atoms with Gasteiger partial charge in [0.1, 0.15) is 11.5 Å². The standard InChI is InChI=1S/C16H24N2O3/c1-11(17-2)14-7-6-13(20-3)8-15(14)21-10-16(19)18-9-12-4-5-12/h6-8,11-12,17H,4-5,9-10H2,1-3H3,(H,18,19). The molecule has 2 rings (SSSR count). The van der Waals surface area contributed by atoms with Crippen molar-refractivity contribution in [1.29, 1.82) is 0 Å². The van der Waals surface area contributed by atoms with Crippen LogP contribution in [-0.2, 0) is 4.79 Å². The van der Waals surface area contributed by atoms with E-state index in [0.29, 0.717) is 11.7 Å². The molecule has 1 unspecified atom stereocenters. The van der Waals surface area contributed by atoms with Gasteiger partial charge in [0.25, 0.3) is 5.91 Å². The summed E-state index contributed by atoms with van der Waals surface area (Å²) >= 11 is 0. The van der Waals surface area contributed by atoms with Crippen molar-refractivity contribution < 1.29 is 14.3 Å². The zero-order valence-corrected chi connectivity index (χ0v) is 12.9. The predicted octanol–water partition coefficient (Wildman–Crippen LogP) is 1.88. The van der Waals surface area contributed by atoms with Gasteiger partial charge in [-0.05, 0) is 38.8 Å². The molecule has 5 heteroatoms. The van der Waals surface area contributed by atoms with E-state index in [1.54, 1.807) is 7.11 Å². The van der Waals surface area contributed by atoms with Crippen LogP contribution in [0.5, 0.6) is 11.5 Å². The summed E-state index contributed by atoms with van der Waals surface area (Å²) in [5.41, 5.74) is 1.01. The summed E-state index contributed by atoms with van der Waals surface area (Å²) in [6.45, 7) is 2.84. The number of nitrogens with one attached hydrogen (secondary N) is 2. The molecule has 5 nitrogen and oxygen atoms in total. The van der Waals surface area contributed by atoms with Crippen LogP contribution >= 0.6 is 0 Å². The van der Waals surface area contributed by atoms with E-state index in [1.807, 2.05) is 32.2 Å². The molecule has 1 aromatic rings. The molecule has 116 valence electrons. The summed E-state index contributed by atoms with van der Waals surface area (Å²) in [4.78, 5) is 11.8. The minimum absolute atomic E-state index is 0.0311. The summed E-state index contributed by atoms with van der Waals surface area (Å²) < 4.78 is 10.9. The highest BCUT2D eigenvalue weighted by atomic mass is 16.5. The molecule has 0 radical (unpaired) electrons. The molecule has 0 bridgehead atoms. The number of carbonyl (C=O) groups excluding carboxylic acids is 1. The van der Waals surface area contributed by atoms with Crippen LogP contribution in [0.15, 0.2) is 18.2 Å². The number of hydrogen-bond acceptors (Lipinski definition) is 4. The topological polar surface area (TPSA) is 59.6 Å². The first kappa shape index (κ1) is 15.6. The number of rotatable bonds is 8. The van der Waals surface area contributed by atoms with Gasteiger partial charge in [-0.3, -0.25) is 4.79 Å². The van der Waals surface area contributed by atoms with Crippen molar-refractivity contribution >= 4 is 5.91 Å². The van der Waals surface area contributed by atoms with Crippen LogP contribution in [0.1, 0.15) is 31.4 Å². The third kappa shape index (κ3) is 4.63. The Labute approximate surface area is 126 Å². The monoisotopic (exact) mass is 292 g/mol. The Hall–Kier alpha value is -1.75. The second kappa shape index (κ2) is 7.31. The zero-order chi connectivity index (χ0) is 15.2. The van der Waals surface area contributed by atoms with Crippen molar-refractivity contribution in [2.75, 3.05) is 27.3 Å². The molecular weight excluding hydrogens is 268 g/mol. The van der Waals surface area contributed by atoms with Crippen molar-refractivity contribution in [2.24, 2.45) is 5.92 Å². The van der Waals surface area contributed by atoms with E-state index in [2.05, 4.69) is 10.6 Å². The molecule has 0 spiro atoms. The zero-order valence-electron chi connectivity index (χ0n) is 12.9. The summed E-state index contributed by atoms with van der Waals surface area (Å²) in [7, 11) is 3.50. The highest BCUT2D eigenvalue weighted by molar-refractivity contribution is 5.77. The van der Waals surface area contributed by atoms with Crippen LogP contribution in [0.25, 0.3) is 0 Å². The van der Waals surface area contributed by atoms with Gasteiger partial charge < -0.3 is 20.1 Å². The number of amides is 1. The van der Waals surface area contributed by atoms with E-state index in [4.69, 9.17) is 9.47 Å². The van der Waals surface area contributed by atoms with Gasteiger partial charge in [-0.1, -0.05) is 6.07 Å². The molecule has 0 saturated heterocycles. The van der Waals surface area contributed by atoms with Gasteiger partial charge in [-0.15, -0.1) is 0 Å². The van der Waals surface area contributed by atoms with Gasteiger partial charge in [0, 0.05) is 24.2 Å². The second-order valence-electron chi connectivity index (χ2n) is 5.45. The molecule has 0 aliphatic heterocycles. The Balaban J connectivity index is 1.96. The summed E-state index contributed by atoms with van der Waals surface area (Å²) in [6, 6.07) is 5.80. The molecule has 0 heterocycles. The Morgan fingerprint density at radius 2 is 2.19 bits per heavy atom. The van der Waals surface area contributed by atoms with Crippen LogP contribution in [0.3, 0.4) is 0 Å². The lowest BCUT2D eigenvalue weighted by molar-refractivity contribution is -0.123. The molecular formula is C16H24N2O3. The van der Waals surface area contributed by atoms with Crippen molar-refractivity contribution in [1.82, 2.24) is 10.6 Å². The van der Waals surface area contributed by atoms with Gasteiger partial charge in [0.2, 0.25) is 0 Å². The number of hydrogen-bond donors (Lipinski definition) is 2. The smallest absolute Gasteiger partial charge is 0.257 e. The van der Waals surface area contributed by atoms with Crippen LogP contribution in [0.2, 0.25) is 0 Å². The third-order valence-corrected chi connectivity index (χ3v) is 3.76. The third-order valence-electron chi connectivity index (χ3n) is 3.76. The number of carbonyl (C=O) groups is 1. The normalized spacial score (nSPS) is 15.4. The van der Waals surface area contributed by atoms with E-state index in [-0.39, 0.29) is 18.6 Å². The van der Waals surface area contributed by atoms with Crippen LogP contribution < -0.4 is 20.1 Å². The van der Waals surface area contributed by atoms with Crippen LogP contribution in [0.4, 0.5) is 0 Å². The molecule has 2 N–H and O–H groups in total. The maximum absolute atomic E-state index is 11.8. The van der Waals surface area contributed by atoms with E-state index < -0.39 is 0 Å². The number of benzene rings is 1. The molecule has 1 saturated carbocycles. The second-order valence-corrected chi connectivity index (χ2v) is 5.45. The van der Waals surface area contributed by atoms with Gasteiger partial charge in [-0.2, -0.15) is 0 Å². The molecule has 0 aromatic heterocycles. The molecule has 21 heavy (non-hydrogen) atoms. The first-order valence-electron chi connectivity index (χ1n) is 7.38. The lowest BCUT2D eigenvalue weighted by Gasteiger charge is -2.17. The van der Waals surface area contributed by atoms with Crippen molar-refractivity contribution in [2.45, 2.75) is 25.8 Å². The van der Waals surface area contributed by atoms with E-state index >= 15 is 0 Å². The van der Waals surface area contributed by atoms with Gasteiger partial charge in [0.15, 0.2) is 6.61 Å². The molecule has 1 aliphatic carbocycles. The molecule has 1 atom stereocenters. The lowest BCUT2D eigenvalue weighted by atomic mass is 10.1. The summed E-state index contributed by atoms with van der Waals surface area (Å²) in [6.07, 6.45) is 2.45. The fraction of sp³-hybridized carbons (Fsp3) is 0.562. The number of methoxy groups -OCH3 is 1. The fourth-order valence-corrected chi connectivity index (χ4v) is 2.05. The Morgan fingerprint density at radius 3 is 2.81 bits per heavy atom. The molecule has 1 amide bonds. The predicted molar refractivity (Wildman–Crippen MR) is 81.7 cm³/mol. The van der Waals surface area contributed by atoms with Crippen LogP contribution in [-0.4, -0.2) is 33.2 Å². The number of ether oxygens (including phenoxy) is 2. The average molecular weight is 292 g/mol. The largest absolute Gasteiger partial charge is 0.497 e. The van der Waals surface area contributed by atoms with Crippen molar-refractivity contribution in [3.05, 3.63) is 23.8 Å². The Bertz CT molecular complexity index is 486. The van der Waals surface area contributed by atoms with E-state index in [1.165, 1.54) is 12.8 Å². The first-order chi connectivity index (χ1) is 10.1. The van der Waals surface area contributed by atoms with Gasteiger partial charge in [-0.25, -0.2) is 0 Å². The SMILES string of the molecule is CNC(C)c1ccc(OC)cc1OCC(=O)NCC1CC1. The molecule has 1 aliphatic rings. The van der Waals surface area contributed by atoms with Crippen LogP contribution in [0, 0.1) is 5.92 Å². The summed E-state index contributed by atoms with van der Waals surface area (Å²) in [5, 5.41) is 6.07. The maximum Gasteiger partial charge on any atom is 0.257 e. The lowest BCUT2D eigenvalue weighted by Crippen LogP contribution is -2.30. The van der Waals surface area contributed by atoms with E-state index in [0.717, 1.165) is 17.9 Å². The average Bonchev–Trinajstić information content (AvgIpc) is 3.34.